The van der Waals surface area contributed by atoms with E-state index >= 15 is 0 Å². The van der Waals surface area contributed by atoms with E-state index in [1.54, 1.807) is 0 Å². The van der Waals surface area contributed by atoms with Crippen LogP contribution in [0.25, 0.3) is 56.4 Å². The molecule has 2 aliphatic rings. The smallest absolute Gasteiger partial charge is 0.320 e. The first-order valence-corrected chi connectivity index (χ1v) is 14.2. The maximum absolute atomic E-state index is 4.97. The molecule has 0 saturated heterocycles. The zero-order valence-corrected chi connectivity index (χ0v) is 22.8. The standard InChI is InChI=1S/C37H25BN4/c1-4-12-26(13-5-1)29-18-20-31-32-21-19-30(25-34(32)42-23-11-10-22-38(42)33(31)24-29)37-40-35(27-14-6-2-7-15-27)39-36(41-37)28-16-8-3-9-17-28/h1-25H. The number of hydrogen-bond acceptors (Lipinski definition) is 4. The SMILES string of the molecule is C1=CB2c3cc(-c4ccccc4)ccc3-c3ccc(-c4nc(-c5ccccc5)nc(-c5ccccc5)n4)cc3N2C=C1. The van der Waals surface area contributed by atoms with Crippen LogP contribution in [-0.2, 0) is 0 Å². The first kappa shape index (κ1) is 24.3. The van der Waals surface area contributed by atoms with Gasteiger partial charge in [0.2, 0.25) is 0 Å². The highest BCUT2D eigenvalue weighted by Crippen LogP contribution is 2.40. The molecule has 8 rings (SSSR count). The molecule has 196 valence electrons. The predicted molar refractivity (Wildman–Crippen MR) is 173 cm³/mol. The van der Waals surface area contributed by atoms with Crippen molar-refractivity contribution in [3.8, 4) is 56.4 Å². The maximum Gasteiger partial charge on any atom is 0.320 e. The minimum Gasteiger partial charge on any atom is -0.383 e. The third kappa shape index (κ3) is 4.23. The number of aromatic nitrogens is 3. The average Bonchev–Trinajstić information content (AvgIpc) is 3.09. The zero-order valence-electron chi connectivity index (χ0n) is 22.8. The van der Waals surface area contributed by atoms with E-state index in [9.17, 15) is 0 Å². The number of rotatable bonds is 4. The lowest BCUT2D eigenvalue weighted by molar-refractivity contribution is 1.07. The van der Waals surface area contributed by atoms with Crippen molar-refractivity contribution < 1.29 is 0 Å². The fraction of sp³-hybridized carbons (Fsp3) is 0. The molecule has 4 nitrogen and oxygen atoms in total. The molecular formula is C37H25BN4. The summed E-state index contributed by atoms with van der Waals surface area (Å²) in [7, 11) is 0. The van der Waals surface area contributed by atoms with Crippen LogP contribution < -0.4 is 10.3 Å². The molecule has 0 radical (unpaired) electrons. The second-order valence-corrected chi connectivity index (χ2v) is 10.5. The fourth-order valence-corrected chi connectivity index (χ4v) is 5.89. The van der Waals surface area contributed by atoms with E-state index < -0.39 is 0 Å². The van der Waals surface area contributed by atoms with Crippen LogP contribution in [0.3, 0.4) is 0 Å². The van der Waals surface area contributed by atoms with Gasteiger partial charge in [-0.05, 0) is 40.5 Å². The molecular weight excluding hydrogens is 511 g/mol. The summed E-state index contributed by atoms with van der Waals surface area (Å²) < 4.78 is 0. The van der Waals surface area contributed by atoms with Gasteiger partial charge in [-0.1, -0.05) is 133 Å². The van der Waals surface area contributed by atoms with Gasteiger partial charge in [0.1, 0.15) is 0 Å². The number of nitrogens with zero attached hydrogens (tertiary/aromatic N) is 4. The van der Waals surface area contributed by atoms with Crippen molar-refractivity contribution in [3.05, 3.63) is 152 Å². The fourth-order valence-electron chi connectivity index (χ4n) is 5.89. The number of allylic oxidation sites excluding steroid dienone is 2. The Labute approximate surface area is 245 Å². The number of benzene rings is 5. The topological polar surface area (TPSA) is 41.9 Å². The van der Waals surface area contributed by atoms with Gasteiger partial charge in [0, 0.05) is 27.9 Å². The van der Waals surface area contributed by atoms with Crippen molar-refractivity contribution in [3.63, 3.8) is 0 Å². The zero-order chi connectivity index (χ0) is 27.9. The van der Waals surface area contributed by atoms with Crippen molar-refractivity contribution in [1.29, 1.82) is 0 Å². The molecule has 42 heavy (non-hydrogen) atoms. The summed E-state index contributed by atoms with van der Waals surface area (Å²) in [6, 6.07) is 44.2. The van der Waals surface area contributed by atoms with Gasteiger partial charge >= 0.3 is 6.85 Å². The van der Waals surface area contributed by atoms with Crippen LogP contribution in [0.4, 0.5) is 5.69 Å². The Hall–Kier alpha value is -5.55. The van der Waals surface area contributed by atoms with Gasteiger partial charge in [0.15, 0.2) is 17.5 Å². The van der Waals surface area contributed by atoms with Crippen molar-refractivity contribution in [1.82, 2.24) is 15.0 Å². The maximum atomic E-state index is 4.97. The Kier molecular flexibility index (Phi) is 5.85. The van der Waals surface area contributed by atoms with Crippen molar-refractivity contribution in [2.75, 3.05) is 4.81 Å². The van der Waals surface area contributed by atoms with E-state index in [4.69, 9.17) is 15.0 Å². The van der Waals surface area contributed by atoms with Crippen LogP contribution in [0.5, 0.6) is 0 Å². The lowest BCUT2D eigenvalue weighted by Crippen LogP contribution is -2.49. The van der Waals surface area contributed by atoms with Gasteiger partial charge in [-0.3, -0.25) is 0 Å². The summed E-state index contributed by atoms with van der Waals surface area (Å²) in [6.45, 7) is 0.106. The summed E-state index contributed by atoms with van der Waals surface area (Å²) in [5.41, 5.74) is 10.2. The van der Waals surface area contributed by atoms with Crippen molar-refractivity contribution in [2.45, 2.75) is 0 Å². The number of hydrogen-bond donors (Lipinski definition) is 0. The molecule has 0 saturated carbocycles. The third-order valence-corrected chi connectivity index (χ3v) is 7.95. The monoisotopic (exact) mass is 536 g/mol. The molecule has 0 bridgehead atoms. The first-order valence-electron chi connectivity index (χ1n) is 14.2. The van der Waals surface area contributed by atoms with E-state index in [1.165, 1.54) is 27.7 Å². The van der Waals surface area contributed by atoms with E-state index in [0.29, 0.717) is 17.5 Å². The molecule has 3 heterocycles. The minimum absolute atomic E-state index is 0.106. The van der Waals surface area contributed by atoms with Crippen LogP contribution in [-0.4, -0.2) is 21.8 Å². The van der Waals surface area contributed by atoms with Crippen molar-refractivity contribution >= 4 is 18.0 Å². The molecule has 1 aromatic heterocycles. The van der Waals surface area contributed by atoms with Gasteiger partial charge in [-0.25, -0.2) is 15.0 Å². The molecule has 0 N–H and O–H groups in total. The Morgan fingerprint density at radius 3 is 1.64 bits per heavy atom. The second-order valence-electron chi connectivity index (χ2n) is 10.5. The summed E-state index contributed by atoms with van der Waals surface area (Å²) in [5, 5.41) is 0. The predicted octanol–water partition coefficient (Wildman–Crippen LogP) is 7.85. The quantitative estimate of drug-likeness (QED) is 0.215. The lowest BCUT2D eigenvalue weighted by Gasteiger charge is -2.36. The van der Waals surface area contributed by atoms with Crippen LogP contribution in [0, 0.1) is 0 Å². The Bertz CT molecular complexity index is 1930. The van der Waals surface area contributed by atoms with E-state index in [0.717, 1.165) is 22.4 Å². The third-order valence-electron chi connectivity index (χ3n) is 7.95. The molecule has 0 atom stereocenters. The van der Waals surface area contributed by atoms with Gasteiger partial charge in [0.05, 0.1) is 0 Å². The second kappa shape index (κ2) is 10.1. The largest absolute Gasteiger partial charge is 0.383 e. The molecule has 0 aliphatic carbocycles. The molecule has 0 unspecified atom stereocenters. The molecule has 2 aliphatic heterocycles. The Balaban J connectivity index is 1.28. The highest BCUT2D eigenvalue weighted by Gasteiger charge is 2.33. The first-order chi connectivity index (χ1) is 20.8. The molecule has 0 amide bonds. The summed E-state index contributed by atoms with van der Waals surface area (Å²) in [4.78, 5) is 17.2. The van der Waals surface area contributed by atoms with E-state index in [1.807, 2.05) is 60.7 Å². The van der Waals surface area contributed by atoms with Gasteiger partial charge in [-0.2, -0.15) is 0 Å². The highest BCUT2D eigenvalue weighted by atomic mass is 15.1. The molecule has 5 heteroatoms. The van der Waals surface area contributed by atoms with Gasteiger partial charge < -0.3 is 4.81 Å². The normalized spacial score (nSPS) is 13.0. The van der Waals surface area contributed by atoms with E-state index in [-0.39, 0.29) is 6.85 Å². The van der Waals surface area contributed by atoms with E-state index in [2.05, 4.69) is 95.9 Å². The van der Waals surface area contributed by atoms with Crippen LogP contribution in [0.1, 0.15) is 0 Å². The summed E-state index contributed by atoms with van der Waals surface area (Å²) >= 11 is 0. The highest BCUT2D eigenvalue weighted by molar-refractivity contribution is 6.83. The van der Waals surface area contributed by atoms with Gasteiger partial charge in [-0.15, -0.1) is 0 Å². The Morgan fingerprint density at radius 1 is 0.452 bits per heavy atom. The molecule has 0 fully saturated rings. The van der Waals surface area contributed by atoms with Crippen LogP contribution in [0.2, 0.25) is 0 Å². The Morgan fingerprint density at radius 2 is 1.00 bits per heavy atom. The average molecular weight is 536 g/mol. The molecule has 6 aromatic rings. The lowest BCUT2D eigenvalue weighted by atomic mass is 9.49. The molecule has 0 spiro atoms. The summed E-state index contributed by atoms with van der Waals surface area (Å²) in [5.74, 6) is 4.25. The van der Waals surface area contributed by atoms with Crippen molar-refractivity contribution in [2.24, 2.45) is 0 Å². The minimum atomic E-state index is 0.106. The summed E-state index contributed by atoms with van der Waals surface area (Å²) in [6.07, 6.45) is 6.41. The molecule has 5 aromatic carbocycles. The number of fused-ring (bicyclic) bond motifs is 6. The number of anilines is 1. The van der Waals surface area contributed by atoms with Crippen LogP contribution in [0.15, 0.2) is 152 Å². The van der Waals surface area contributed by atoms with Crippen LogP contribution >= 0.6 is 0 Å². The van der Waals surface area contributed by atoms with Gasteiger partial charge in [0.25, 0.3) is 0 Å².